The Hall–Kier alpha value is -0.860. The number of rotatable bonds is 0. The second-order valence-electron chi connectivity index (χ2n) is 6.89. The van der Waals surface area contributed by atoms with Gasteiger partial charge in [0.15, 0.2) is 0 Å². The van der Waals surface area contributed by atoms with Gasteiger partial charge >= 0.3 is 0 Å². The van der Waals surface area contributed by atoms with Gasteiger partial charge in [0.1, 0.15) is 0 Å². The molecule has 0 radical (unpaired) electrons. The van der Waals surface area contributed by atoms with E-state index in [9.17, 15) is 10.2 Å². The first-order chi connectivity index (χ1) is 8.67. The molecule has 0 saturated heterocycles. The maximum atomic E-state index is 10.7. The topological polar surface area (TPSA) is 40.5 Å². The van der Waals surface area contributed by atoms with Gasteiger partial charge in [-0.1, -0.05) is 12.1 Å². The van der Waals surface area contributed by atoms with Crippen molar-refractivity contribution in [3.63, 3.8) is 0 Å². The summed E-state index contributed by atoms with van der Waals surface area (Å²) in [7, 11) is 0. The van der Waals surface area contributed by atoms with Gasteiger partial charge in [-0.2, -0.15) is 0 Å². The van der Waals surface area contributed by atoms with Crippen molar-refractivity contribution in [2.75, 3.05) is 0 Å². The highest BCUT2D eigenvalue weighted by atomic mass is 16.3. The average Bonchev–Trinajstić information content (AvgIpc) is 2.89. The molecule has 2 bridgehead atoms. The minimum atomic E-state index is -0.233. The van der Waals surface area contributed by atoms with Crippen LogP contribution in [-0.2, 0) is 23.7 Å². The molecule has 5 aliphatic carbocycles. The molecular weight excluding hydrogens is 224 g/mol. The summed E-state index contributed by atoms with van der Waals surface area (Å²) in [6.45, 7) is 0. The third kappa shape index (κ3) is 0.784. The van der Waals surface area contributed by atoms with E-state index in [2.05, 4.69) is 12.1 Å². The molecule has 0 aromatic heterocycles. The standard InChI is InChI=1S/C16H18O2/c17-11-8-16-6-4-10-2-1-9-3-5-15(11,7-12(16)18)13(9)14(10)16/h1-2,11-12,17-18H,3-8H2/t11-,12?,15-,16-/m0/s1. The normalized spacial score (nSPS) is 46.6. The molecular formula is C16H18O2. The van der Waals surface area contributed by atoms with Gasteiger partial charge in [0, 0.05) is 10.8 Å². The highest BCUT2D eigenvalue weighted by Crippen LogP contribution is 2.65. The van der Waals surface area contributed by atoms with Crippen molar-refractivity contribution >= 4 is 0 Å². The Morgan fingerprint density at radius 2 is 1.28 bits per heavy atom. The molecule has 0 heterocycles. The minimum absolute atomic E-state index is 0.105. The molecule has 2 spiro atoms. The third-order valence-corrected chi connectivity index (χ3v) is 6.45. The number of hydrogen-bond donors (Lipinski definition) is 2. The molecule has 0 amide bonds. The first-order valence-electron chi connectivity index (χ1n) is 7.19. The molecule has 1 saturated carbocycles. The van der Waals surface area contributed by atoms with Crippen molar-refractivity contribution in [2.24, 2.45) is 0 Å². The van der Waals surface area contributed by atoms with Gasteiger partial charge in [0.05, 0.1) is 12.2 Å². The zero-order chi connectivity index (χ0) is 12.1. The number of fused-ring (bicyclic) bond motifs is 2. The summed E-state index contributed by atoms with van der Waals surface area (Å²) in [6.07, 6.45) is 5.35. The second kappa shape index (κ2) is 2.68. The van der Waals surface area contributed by atoms with E-state index < -0.39 is 0 Å². The molecule has 1 fully saturated rings. The van der Waals surface area contributed by atoms with Crippen LogP contribution in [0, 0.1) is 0 Å². The van der Waals surface area contributed by atoms with E-state index in [-0.39, 0.29) is 23.0 Å². The Kier molecular flexibility index (Phi) is 1.49. The van der Waals surface area contributed by atoms with E-state index in [1.54, 1.807) is 0 Å². The van der Waals surface area contributed by atoms with Crippen LogP contribution in [0.1, 0.15) is 47.9 Å². The van der Waals surface area contributed by atoms with E-state index >= 15 is 0 Å². The smallest absolute Gasteiger partial charge is 0.0647 e. The van der Waals surface area contributed by atoms with Crippen LogP contribution in [0.15, 0.2) is 12.1 Å². The van der Waals surface area contributed by atoms with Crippen LogP contribution < -0.4 is 0 Å². The number of aliphatic hydroxyl groups excluding tert-OH is 2. The number of benzene rings is 1. The molecule has 2 N–H and O–H groups in total. The number of aryl methyl sites for hydroxylation is 2. The fraction of sp³-hybridized carbons (Fsp3) is 0.625. The van der Waals surface area contributed by atoms with Crippen LogP contribution in [0.4, 0.5) is 0 Å². The highest BCUT2D eigenvalue weighted by molar-refractivity contribution is 5.60. The Morgan fingerprint density at radius 3 is 1.72 bits per heavy atom. The highest BCUT2D eigenvalue weighted by Gasteiger charge is 2.65. The van der Waals surface area contributed by atoms with Crippen molar-refractivity contribution < 1.29 is 10.2 Å². The molecule has 94 valence electrons. The second-order valence-corrected chi connectivity index (χ2v) is 6.89. The Morgan fingerprint density at radius 1 is 0.833 bits per heavy atom. The van der Waals surface area contributed by atoms with Gasteiger partial charge in [-0.05, 0) is 60.8 Å². The molecule has 2 nitrogen and oxygen atoms in total. The minimum Gasteiger partial charge on any atom is -0.392 e. The van der Waals surface area contributed by atoms with Gasteiger partial charge in [0.25, 0.3) is 0 Å². The largest absolute Gasteiger partial charge is 0.392 e. The SMILES string of the molecule is OC1C[C@]23CCc4ccc5c(c42)[C@@]1(CC5)C[C@@H]3O. The van der Waals surface area contributed by atoms with Gasteiger partial charge in [-0.3, -0.25) is 0 Å². The van der Waals surface area contributed by atoms with Gasteiger partial charge in [-0.15, -0.1) is 0 Å². The fourth-order valence-electron chi connectivity index (χ4n) is 5.64. The molecule has 1 unspecified atom stereocenters. The Labute approximate surface area is 107 Å². The average molecular weight is 242 g/mol. The zero-order valence-corrected chi connectivity index (χ0v) is 10.4. The molecule has 0 aliphatic heterocycles. The molecule has 6 rings (SSSR count). The zero-order valence-electron chi connectivity index (χ0n) is 10.4. The van der Waals surface area contributed by atoms with E-state index in [1.807, 2.05) is 0 Å². The lowest BCUT2D eigenvalue weighted by atomic mass is 9.50. The molecule has 1 aromatic carbocycles. The third-order valence-electron chi connectivity index (χ3n) is 6.45. The lowest BCUT2D eigenvalue weighted by molar-refractivity contribution is -0.0818. The Balaban J connectivity index is 1.95. The number of aliphatic hydroxyl groups is 2. The quantitative estimate of drug-likeness (QED) is 0.725. The van der Waals surface area contributed by atoms with Crippen molar-refractivity contribution in [3.05, 3.63) is 34.4 Å². The van der Waals surface area contributed by atoms with E-state index in [0.717, 1.165) is 38.5 Å². The summed E-state index contributed by atoms with van der Waals surface area (Å²) >= 11 is 0. The lowest BCUT2D eigenvalue weighted by Gasteiger charge is -2.57. The van der Waals surface area contributed by atoms with Crippen LogP contribution in [0.25, 0.3) is 0 Å². The van der Waals surface area contributed by atoms with E-state index in [1.165, 1.54) is 22.3 Å². The molecule has 1 aromatic rings. The summed E-state index contributed by atoms with van der Waals surface area (Å²) in [5.74, 6) is 0. The summed E-state index contributed by atoms with van der Waals surface area (Å²) in [6, 6.07) is 4.56. The summed E-state index contributed by atoms with van der Waals surface area (Å²) in [5, 5.41) is 21.3. The van der Waals surface area contributed by atoms with Crippen molar-refractivity contribution in [3.8, 4) is 0 Å². The molecule has 2 heteroatoms. The van der Waals surface area contributed by atoms with Gasteiger partial charge in [0.2, 0.25) is 0 Å². The molecule has 4 atom stereocenters. The van der Waals surface area contributed by atoms with Crippen LogP contribution in [-0.4, -0.2) is 22.4 Å². The summed E-state index contributed by atoms with van der Waals surface area (Å²) in [5.41, 5.74) is 5.61. The molecule has 18 heavy (non-hydrogen) atoms. The summed E-state index contributed by atoms with van der Waals surface area (Å²) in [4.78, 5) is 0. The van der Waals surface area contributed by atoms with Crippen LogP contribution >= 0.6 is 0 Å². The van der Waals surface area contributed by atoms with Crippen LogP contribution in [0.3, 0.4) is 0 Å². The van der Waals surface area contributed by atoms with Crippen molar-refractivity contribution in [2.45, 2.75) is 61.6 Å². The fourth-order valence-corrected chi connectivity index (χ4v) is 5.64. The van der Waals surface area contributed by atoms with Crippen LogP contribution in [0.2, 0.25) is 0 Å². The van der Waals surface area contributed by atoms with Crippen molar-refractivity contribution in [1.82, 2.24) is 0 Å². The van der Waals surface area contributed by atoms with Gasteiger partial charge in [-0.25, -0.2) is 0 Å². The predicted molar refractivity (Wildman–Crippen MR) is 67.7 cm³/mol. The maximum Gasteiger partial charge on any atom is 0.0647 e. The first-order valence-corrected chi connectivity index (χ1v) is 7.19. The monoisotopic (exact) mass is 242 g/mol. The van der Waals surface area contributed by atoms with Gasteiger partial charge < -0.3 is 10.2 Å². The van der Waals surface area contributed by atoms with E-state index in [0.29, 0.717) is 0 Å². The maximum absolute atomic E-state index is 10.7. The lowest BCUT2D eigenvalue weighted by Crippen LogP contribution is -2.60. The van der Waals surface area contributed by atoms with Crippen molar-refractivity contribution in [1.29, 1.82) is 0 Å². The first kappa shape index (κ1) is 9.99. The van der Waals surface area contributed by atoms with Crippen LogP contribution in [0.5, 0.6) is 0 Å². The number of hydrogen-bond acceptors (Lipinski definition) is 2. The Bertz CT molecular complexity index is 528. The molecule has 5 aliphatic rings. The van der Waals surface area contributed by atoms with E-state index in [4.69, 9.17) is 0 Å². The predicted octanol–water partition coefficient (Wildman–Crippen LogP) is 1.58. The summed E-state index contributed by atoms with van der Waals surface area (Å²) < 4.78 is 0.